The number of benzene rings is 1. The van der Waals surface area contributed by atoms with Crippen LogP contribution in [0.3, 0.4) is 0 Å². The number of likely N-dealkylation sites (N-methyl/N-ethyl adjacent to an activating group) is 2. The molecule has 1 aliphatic carbocycles. The van der Waals surface area contributed by atoms with Crippen LogP contribution in [0.2, 0.25) is 0 Å². The summed E-state index contributed by atoms with van der Waals surface area (Å²) in [6, 6.07) is 7.96. The number of methoxy groups -OCH3 is 1. The van der Waals surface area contributed by atoms with Gasteiger partial charge in [-0.15, -0.1) is 0 Å². The van der Waals surface area contributed by atoms with E-state index in [2.05, 4.69) is 57.4 Å². The third kappa shape index (κ3) is 7.51. The summed E-state index contributed by atoms with van der Waals surface area (Å²) in [5.41, 5.74) is 2.77. The van der Waals surface area contributed by atoms with E-state index in [9.17, 15) is 4.79 Å². The van der Waals surface area contributed by atoms with Crippen LogP contribution >= 0.6 is 0 Å². The van der Waals surface area contributed by atoms with Gasteiger partial charge in [0, 0.05) is 12.1 Å². The monoisotopic (exact) mass is 466 g/mol. The van der Waals surface area contributed by atoms with Gasteiger partial charge in [0.2, 0.25) is 0 Å². The fraction of sp³-hybridized carbons (Fsp3) is 0.448. The van der Waals surface area contributed by atoms with E-state index in [0.29, 0.717) is 23.9 Å². The maximum Gasteiger partial charge on any atom is 0.193 e. The topological polar surface area (TPSA) is 42.0 Å². The van der Waals surface area contributed by atoms with Crippen LogP contribution < -0.4 is 4.74 Å². The Morgan fingerprint density at radius 2 is 1.82 bits per heavy atom. The molecule has 1 aliphatic heterocycles. The van der Waals surface area contributed by atoms with Crippen molar-refractivity contribution >= 4 is 5.94 Å². The van der Waals surface area contributed by atoms with Gasteiger partial charge in [-0.05, 0) is 70.6 Å². The highest BCUT2D eigenvalue weighted by Gasteiger charge is 2.30. The molecule has 5 nitrogen and oxygen atoms in total. The minimum atomic E-state index is 0.0461. The van der Waals surface area contributed by atoms with Gasteiger partial charge >= 0.3 is 0 Å². The van der Waals surface area contributed by atoms with Crippen molar-refractivity contribution in [2.75, 3.05) is 26.7 Å². The second kappa shape index (κ2) is 14.3. The molecule has 1 saturated heterocycles. The number of ether oxygens (including phenoxy) is 2. The van der Waals surface area contributed by atoms with Gasteiger partial charge in [0.25, 0.3) is 0 Å². The van der Waals surface area contributed by atoms with E-state index in [0.717, 1.165) is 30.8 Å². The van der Waals surface area contributed by atoms with E-state index < -0.39 is 0 Å². The van der Waals surface area contributed by atoms with Crippen LogP contribution in [0.1, 0.15) is 53.5 Å². The number of rotatable bonds is 6. The molecule has 186 valence electrons. The minimum absolute atomic E-state index is 0.0461. The standard InChI is InChI=1S/C19H26N2O2.C8H10O.C2H6/c1-6-20(7-2)19(5)11-9-16(10-12-19)13-18-17(14-22)21(8-3)15(4)23-18;1-7-3-5-8(9-2)6-4-7;1-2/h9-11,13H,4,6-8,12H2,1-3,5H3;3-6H,1-2H3;1-2H3/b18-13+;;. The molecule has 5 heteroatoms. The molecule has 1 aromatic rings. The largest absolute Gasteiger partial charge is 0.497 e. The molecule has 0 spiro atoms. The smallest absolute Gasteiger partial charge is 0.193 e. The Hall–Kier alpha value is -3.01. The first kappa shape index (κ1) is 29.0. The van der Waals surface area contributed by atoms with Gasteiger partial charge in [-0.3, -0.25) is 4.90 Å². The predicted molar refractivity (Wildman–Crippen MR) is 142 cm³/mol. The number of aryl methyl sites for hydroxylation is 1. The lowest BCUT2D eigenvalue weighted by atomic mass is 9.88. The number of carbonyl (C=O) groups excluding carboxylic acids is 1. The molecular formula is C29H42N2O3. The Balaban J connectivity index is 0.000000437. The van der Waals surface area contributed by atoms with Crippen LogP contribution in [0.5, 0.6) is 5.75 Å². The summed E-state index contributed by atoms with van der Waals surface area (Å²) in [6.07, 6.45) is 9.34. The van der Waals surface area contributed by atoms with Gasteiger partial charge in [-0.1, -0.05) is 63.6 Å². The molecule has 0 amide bonds. The lowest BCUT2D eigenvalue weighted by Gasteiger charge is -2.39. The molecule has 0 bridgehead atoms. The van der Waals surface area contributed by atoms with Crippen LogP contribution in [0.25, 0.3) is 0 Å². The normalized spacial score (nSPS) is 20.1. The molecule has 0 N–H and O–H groups in total. The first-order valence-corrected chi connectivity index (χ1v) is 12.2. The van der Waals surface area contributed by atoms with Crippen LogP contribution in [0.15, 0.2) is 78.1 Å². The summed E-state index contributed by atoms with van der Waals surface area (Å²) in [5, 5.41) is 0. The number of hydrogen-bond donors (Lipinski definition) is 0. The Morgan fingerprint density at radius 1 is 1.21 bits per heavy atom. The zero-order valence-electron chi connectivity index (χ0n) is 22.3. The molecule has 0 radical (unpaired) electrons. The van der Waals surface area contributed by atoms with E-state index in [1.165, 1.54) is 5.56 Å². The fourth-order valence-electron chi connectivity index (χ4n) is 3.88. The summed E-state index contributed by atoms with van der Waals surface area (Å²) in [5.74, 6) is 3.88. The summed E-state index contributed by atoms with van der Waals surface area (Å²) in [4.78, 5) is 15.4. The molecule has 1 heterocycles. The van der Waals surface area contributed by atoms with Gasteiger partial charge in [-0.2, -0.15) is 0 Å². The minimum Gasteiger partial charge on any atom is -0.497 e. The molecule has 1 aromatic carbocycles. The van der Waals surface area contributed by atoms with Crippen molar-refractivity contribution in [3.63, 3.8) is 0 Å². The van der Waals surface area contributed by atoms with Gasteiger partial charge in [0.15, 0.2) is 23.3 Å². The zero-order valence-corrected chi connectivity index (χ0v) is 22.3. The Labute approximate surface area is 206 Å². The van der Waals surface area contributed by atoms with Crippen LogP contribution in [-0.2, 0) is 9.53 Å². The lowest BCUT2D eigenvalue weighted by molar-refractivity contribution is 0.163. The van der Waals surface area contributed by atoms with Crippen molar-refractivity contribution in [1.29, 1.82) is 0 Å². The lowest BCUT2D eigenvalue weighted by Crippen LogP contribution is -2.45. The predicted octanol–water partition coefficient (Wildman–Crippen LogP) is 6.43. The van der Waals surface area contributed by atoms with E-state index >= 15 is 0 Å². The van der Waals surface area contributed by atoms with Crippen LogP contribution in [0, 0.1) is 6.92 Å². The molecule has 0 aromatic heterocycles. The van der Waals surface area contributed by atoms with Crippen molar-refractivity contribution < 1.29 is 14.3 Å². The van der Waals surface area contributed by atoms with Gasteiger partial charge in [0.05, 0.1) is 7.11 Å². The number of nitrogens with zero attached hydrogens (tertiary/aromatic N) is 2. The van der Waals surface area contributed by atoms with E-state index in [-0.39, 0.29) is 5.54 Å². The van der Waals surface area contributed by atoms with E-state index in [1.54, 1.807) is 12.0 Å². The molecule has 1 atom stereocenters. The Morgan fingerprint density at radius 3 is 2.26 bits per heavy atom. The molecule has 2 aliphatic rings. The van der Waals surface area contributed by atoms with Crippen molar-refractivity contribution in [2.45, 2.75) is 60.4 Å². The zero-order chi connectivity index (χ0) is 25.7. The van der Waals surface area contributed by atoms with Gasteiger partial charge in [0.1, 0.15) is 5.75 Å². The Bertz CT molecular complexity index is 933. The second-order valence-corrected chi connectivity index (χ2v) is 7.99. The fourth-order valence-corrected chi connectivity index (χ4v) is 3.88. The van der Waals surface area contributed by atoms with Crippen LogP contribution in [0.4, 0.5) is 0 Å². The average molecular weight is 467 g/mol. The first-order chi connectivity index (χ1) is 16.3. The van der Waals surface area contributed by atoms with Gasteiger partial charge in [-0.25, -0.2) is 4.79 Å². The van der Waals surface area contributed by atoms with Crippen molar-refractivity contribution in [2.24, 2.45) is 0 Å². The second-order valence-electron chi connectivity index (χ2n) is 7.99. The van der Waals surface area contributed by atoms with Crippen LogP contribution in [-0.4, -0.2) is 48.0 Å². The van der Waals surface area contributed by atoms with Crippen molar-refractivity contribution in [3.05, 3.63) is 83.6 Å². The molecule has 0 saturated carbocycles. The third-order valence-corrected chi connectivity index (χ3v) is 5.87. The molecule has 1 fully saturated rings. The Kier molecular flexibility index (Phi) is 12.2. The van der Waals surface area contributed by atoms with Gasteiger partial charge < -0.3 is 14.4 Å². The van der Waals surface area contributed by atoms with E-state index in [1.807, 2.05) is 57.1 Å². The quantitative estimate of drug-likeness (QED) is 0.452. The summed E-state index contributed by atoms with van der Waals surface area (Å²) in [7, 11) is 1.67. The summed E-state index contributed by atoms with van der Waals surface area (Å²) < 4.78 is 10.6. The highest BCUT2D eigenvalue weighted by atomic mass is 16.5. The maximum absolute atomic E-state index is 11.2. The van der Waals surface area contributed by atoms with Crippen molar-refractivity contribution in [1.82, 2.24) is 9.80 Å². The van der Waals surface area contributed by atoms with E-state index in [4.69, 9.17) is 9.47 Å². The highest BCUT2D eigenvalue weighted by molar-refractivity contribution is 5.62. The summed E-state index contributed by atoms with van der Waals surface area (Å²) in [6.45, 7) is 21.1. The highest BCUT2D eigenvalue weighted by Crippen LogP contribution is 2.33. The maximum atomic E-state index is 11.2. The summed E-state index contributed by atoms with van der Waals surface area (Å²) >= 11 is 0. The van der Waals surface area contributed by atoms with Crippen molar-refractivity contribution in [3.8, 4) is 5.75 Å². The average Bonchev–Trinajstić information content (AvgIpc) is 3.17. The molecule has 34 heavy (non-hydrogen) atoms. The first-order valence-electron chi connectivity index (χ1n) is 12.2. The molecule has 3 rings (SSSR count). The number of allylic oxidation sites excluding steroid dienone is 3. The number of hydrogen-bond acceptors (Lipinski definition) is 5. The molecular weight excluding hydrogens is 424 g/mol. The SMILES string of the molecule is C=C1O/C(=C/C2=CCC(C)(N(CC)CC)C=C2)C(=C=O)N1CC.CC.COc1ccc(C)cc1. The third-order valence-electron chi connectivity index (χ3n) is 5.87. The molecule has 1 unspecified atom stereocenters.